The standard InChI is InChI=1S/C22H27F3N6O/c1-3-29-9-11-30(12-10-29)20-18-14-31(8-7-19(18)26-15(2)27-20)21(32)28-17-6-4-5-16(13-17)22(23,24)25/h4-6,13H,3,7-12,14H2,1-2H3,(H,28,32). The van der Waals surface area contributed by atoms with E-state index in [1.165, 1.54) is 12.1 Å². The SMILES string of the molecule is CCN1CCN(c2nc(C)nc3c2CN(C(=O)Nc2cccc(C(F)(F)F)c2)CC3)CC1. The van der Waals surface area contributed by atoms with E-state index >= 15 is 0 Å². The summed E-state index contributed by atoms with van der Waals surface area (Å²) in [6.07, 6.45) is -3.88. The van der Waals surface area contributed by atoms with Crippen LogP contribution in [0.25, 0.3) is 0 Å². The smallest absolute Gasteiger partial charge is 0.354 e. The molecule has 2 aliphatic heterocycles. The number of alkyl halides is 3. The third-order valence-corrected chi connectivity index (χ3v) is 6.00. The van der Waals surface area contributed by atoms with Gasteiger partial charge in [-0.1, -0.05) is 13.0 Å². The molecule has 10 heteroatoms. The first-order valence-corrected chi connectivity index (χ1v) is 10.8. The number of urea groups is 1. The Balaban J connectivity index is 1.51. The number of hydrogen-bond donors (Lipinski definition) is 1. The third-order valence-electron chi connectivity index (χ3n) is 6.00. The van der Waals surface area contributed by atoms with Crippen LogP contribution in [-0.4, -0.2) is 65.1 Å². The fourth-order valence-corrected chi connectivity index (χ4v) is 4.20. The molecule has 1 N–H and O–H groups in total. The topological polar surface area (TPSA) is 64.6 Å². The van der Waals surface area contributed by atoms with Crippen LogP contribution in [0.2, 0.25) is 0 Å². The summed E-state index contributed by atoms with van der Waals surface area (Å²) in [5, 5.41) is 2.60. The van der Waals surface area contributed by atoms with Crippen LogP contribution >= 0.6 is 0 Å². The molecule has 0 spiro atoms. The Morgan fingerprint density at radius 1 is 1.12 bits per heavy atom. The third kappa shape index (κ3) is 4.79. The molecule has 2 aromatic rings. The normalized spacial score (nSPS) is 17.3. The molecule has 0 aliphatic carbocycles. The van der Waals surface area contributed by atoms with Crippen molar-refractivity contribution >= 4 is 17.5 Å². The molecular weight excluding hydrogens is 421 g/mol. The fraction of sp³-hybridized carbons (Fsp3) is 0.500. The van der Waals surface area contributed by atoms with Crippen molar-refractivity contribution in [3.8, 4) is 0 Å². The minimum Gasteiger partial charge on any atom is -0.354 e. The van der Waals surface area contributed by atoms with Crippen LogP contribution < -0.4 is 10.2 Å². The predicted molar refractivity (Wildman–Crippen MR) is 116 cm³/mol. The summed E-state index contributed by atoms with van der Waals surface area (Å²) in [5.41, 5.74) is 1.18. The number of likely N-dealkylation sites (N-methyl/N-ethyl adjacent to an activating group) is 1. The molecular formula is C22H27F3N6O. The highest BCUT2D eigenvalue weighted by molar-refractivity contribution is 5.89. The molecule has 0 saturated carbocycles. The Hall–Kier alpha value is -2.88. The fourth-order valence-electron chi connectivity index (χ4n) is 4.20. The summed E-state index contributed by atoms with van der Waals surface area (Å²) in [5.74, 6) is 1.57. The number of benzene rings is 1. The minimum absolute atomic E-state index is 0.117. The number of fused-ring (bicyclic) bond motifs is 1. The highest BCUT2D eigenvalue weighted by atomic mass is 19.4. The van der Waals surface area contributed by atoms with Crippen LogP contribution in [0.5, 0.6) is 0 Å². The zero-order valence-electron chi connectivity index (χ0n) is 18.2. The number of carbonyl (C=O) groups is 1. The first kappa shape index (κ1) is 22.3. The van der Waals surface area contributed by atoms with Gasteiger partial charge in [0, 0.05) is 50.4 Å². The number of piperazine rings is 1. The number of carbonyl (C=O) groups excluding carboxylic acids is 1. The minimum atomic E-state index is -4.46. The number of halogens is 3. The Morgan fingerprint density at radius 2 is 1.88 bits per heavy atom. The van der Waals surface area contributed by atoms with E-state index in [2.05, 4.69) is 27.0 Å². The molecule has 0 radical (unpaired) electrons. The molecule has 0 bridgehead atoms. The number of amides is 2. The van der Waals surface area contributed by atoms with E-state index in [1.807, 2.05) is 6.92 Å². The van der Waals surface area contributed by atoms with Crippen LogP contribution in [0.15, 0.2) is 24.3 Å². The van der Waals surface area contributed by atoms with Crippen molar-refractivity contribution in [3.05, 3.63) is 46.9 Å². The van der Waals surface area contributed by atoms with E-state index in [0.717, 1.165) is 61.9 Å². The molecule has 0 atom stereocenters. The number of aryl methyl sites for hydroxylation is 1. The quantitative estimate of drug-likeness (QED) is 0.778. The molecule has 172 valence electrons. The van der Waals surface area contributed by atoms with Crippen molar-refractivity contribution < 1.29 is 18.0 Å². The van der Waals surface area contributed by atoms with E-state index in [-0.39, 0.29) is 5.69 Å². The van der Waals surface area contributed by atoms with Gasteiger partial charge < -0.3 is 20.0 Å². The van der Waals surface area contributed by atoms with Gasteiger partial charge >= 0.3 is 12.2 Å². The summed E-state index contributed by atoms with van der Waals surface area (Å²) in [6, 6.07) is 4.24. The molecule has 4 rings (SSSR count). The Kier molecular flexibility index (Phi) is 6.23. The maximum atomic E-state index is 13.0. The highest BCUT2D eigenvalue weighted by Crippen LogP contribution is 2.31. The number of anilines is 2. The summed E-state index contributed by atoms with van der Waals surface area (Å²) in [7, 11) is 0. The second-order valence-corrected chi connectivity index (χ2v) is 8.12. The summed E-state index contributed by atoms with van der Waals surface area (Å²) in [6.45, 7) is 9.41. The molecule has 3 heterocycles. The van der Waals surface area contributed by atoms with Gasteiger partial charge in [0.25, 0.3) is 0 Å². The Labute approximate surface area is 185 Å². The second kappa shape index (κ2) is 8.93. The van der Waals surface area contributed by atoms with Crippen molar-refractivity contribution in [3.63, 3.8) is 0 Å². The molecule has 1 saturated heterocycles. The lowest BCUT2D eigenvalue weighted by Gasteiger charge is -2.37. The molecule has 1 aromatic carbocycles. The highest BCUT2D eigenvalue weighted by Gasteiger charge is 2.31. The molecule has 32 heavy (non-hydrogen) atoms. The predicted octanol–water partition coefficient (Wildman–Crippen LogP) is 3.54. The van der Waals surface area contributed by atoms with E-state index in [1.54, 1.807) is 4.90 Å². The van der Waals surface area contributed by atoms with Gasteiger partial charge in [-0.2, -0.15) is 13.2 Å². The van der Waals surface area contributed by atoms with E-state index < -0.39 is 17.8 Å². The molecule has 1 aromatic heterocycles. The zero-order chi connectivity index (χ0) is 22.9. The van der Waals surface area contributed by atoms with Crippen molar-refractivity contribution in [2.75, 3.05) is 49.5 Å². The lowest BCUT2D eigenvalue weighted by Crippen LogP contribution is -2.47. The van der Waals surface area contributed by atoms with Crippen LogP contribution in [0.1, 0.15) is 29.6 Å². The van der Waals surface area contributed by atoms with Gasteiger partial charge in [0.15, 0.2) is 0 Å². The van der Waals surface area contributed by atoms with Crippen molar-refractivity contribution in [1.29, 1.82) is 0 Å². The number of nitrogens with one attached hydrogen (secondary N) is 1. The Morgan fingerprint density at radius 3 is 2.56 bits per heavy atom. The summed E-state index contributed by atoms with van der Waals surface area (Å²) in [4.78, 5) is 28.4. The molecule has 7 nitrogen and oxygen atoms in total. The first-order chi connectivity index (χ1) is 15.2. The maximum Gasteiger partial charge on any atom is 0.416 e. The molecule has 2 aliphatic rings. The maximum absolute atomic E-state index is 13.0. The lowest BCUT2D eigenvalue weighted by atomic mass is 10.1. The number of nitrogens with zero attached hydrogens (tertiary/aromatic N) is 5. The van der Waals surface area contributed by atoms with Crippen LogP contribution in [0.3, 0.4) is 0 Å². The van der Waals surface area contributed by atoms with Gasteiger partial charge in [-0.25, -0.2) is 14.8 Å². The number of hydrogen-bond acceptors (Lipinski definition) is 5. The van der Waals surface area contributed by atoms with E-state index in [4.69, 9.17) is 4.98 Å². The van der Waals surface area contributed by atoms with Gasteiger partial charge in [-0.3, -0.25) is 0 Å². The van der Waals surface area contributed by atoms with Gasteiger partial charge in [0.1, 0.15) is 11.6 Å². The lowest BCUT2D eigenvalue weighted by molar-refractivity contribution is -0.137. The van der Waals surface area contributed by atoms with Crippen LogP contribution in [-0.2, 0) is 19.1 Å². The average Bonchev–Trinajstić information content (AvgIpc) is 2.78. The van der Waals surface area contributed by atoms with Crippen molar-refractivity contribution in [1.82, 2.24) is 19.8 Å². The number of aromatic nitrogens is 2. The van der Waals surface area contributed by atoms with E-state index in [0.29, 0.717) is 25.3 Å². The van der Waals surface area contributed by atoms with Crippen molar-refractivity contribution in [2.45, 2.75) is 33.0 Å². The zero-order valence-corrected chi connectivity index (χ0v) is 18.2. The average molecular weight is 448 g/mol. The second-order valence-electron chi connectivity index (χ2n) is 8.12. The molecule has 0 unspecified atom stereocenters. The van der Waals surface area contributed by atoms with E-state index in [9.17, 15) is 18.0 Å². The monoisotopic (exact) mass is 448 g/mol. The van der Waals surface area contributed by atoms with Gasteiger partial charge in [-0.15, -0.1) is 0 Å². The van der Waals surface area contributed by atoms with Crippen molar-refractivity contribution in [2.24, 2.45) is 0 Å². The van der Waals surface area contributed by atoms with Gasteiger partial charge in [-0.05, 0) is 31.7 Å². The summed E-state index contributed by atoms with van der Waals surface area (Å²) < 4.78 is 38.9. The summed E-state index contributed by atoms with van der Waals surface area (Å²) >= 11 is 0. The van der Waals surface area contributed by atoms with Crippen LogP contribution in [0.4, 0.5) is 29.5 Å². The van der Waals surface area contributed by atoms with Gasteiger partial charge in [0.05, 0.1) is 17.8 Å². The molecule has 1 fully saturated rings. The first-order valence-electron chi connectivity index (χ1n) is 10.8. The van der Waals surface area contributed by atoms with Crippen LogP contribution in [0, 0.1) is 6.92 Å². The molecule has 2 amide bonds. The van der Waals surface area contributed by atoms with Gasteiger partial charge in [0.2, 0.25) is 0 Å². The Bertz CT molecular complexity index is 988. The largest absolute Gasteiger partial charge is 0.416 e. The number of rotatable bonds is 3.